The normalized spacial score (nSPS) is 10.4. The maximum atomic E-state index is 4.37. The second-order valence-corrected chi connectivity index (χ2v) is 4.26. The maximum Gasteiger partial charge on any atom is 0.139 e. The van der Waals surface area contributed by atoms with Gasteiger partial charge in [0.15, 0.2) is 0 Å². The van der Waals surface area contributed by atoms with E-state index >= 15 is 0 Å². The molecule has 0 atom stereocenters. The molecule has 1 aromatic rings. The zero-order chi connectivity index (χ0) is 10.2. The fourth-order valence-electron chi connectivity index (χ4n) is 1.40. The third-order valence-electron chi connectivity index (χ3n) is 2.31. The zero-order valence-electron chi connectivity index (χ0n) is 9.20. The lowest BCUT2D eigenvalue weighted by Crippen LogP contribution is -2.25. The van der Waals surface area contributed by atoms with Crippen molar-refractivity contribution in [2.24, 2.45) is 0 Å². The fraction of sp³-hybridized carbons (Fsp3) is 0.727. The summed E-state index contributed by atoms with van der Waals surface area (Å²) in [7, 11) is 0. The van der Waals surface area contributed by atoms with Crippen LogP contribution in [0.5, 0.6) is 0 Å². The first-order chi connectivity index (χ1) is 6.88. The third kappa shape index (κ3) is 3.66. The lowest BCUT2D eigenvalue weighted by molar-refractivity contribution is 0.673. The number of aromatic nitrogens is 1. The van der Waals surface area contributed by atoms with Gasteiger partial charge in [-0.2, -0.15) is 0 Å². The zero-order valence-corrected chi connectivity index (χ0v) is 10.0. The minimum Gasteiger partial charge on any atom is -0.356 e. The largest absolute Gasteiger partial charge is 0.356 e. The van der Waals surface area contributed by atoms with Crippen molar-refractivity contribution in [3.8, 4) is 0 Å². The molecule has 0 spiro atoms. The highest BCUT2D eigenvalue weighted by Gasteiger charge is 2.06. The molecule has 80 valence electrons. The van der Waals surface area contributed by atoms with Crippen LogP contribution in [0.3, 0.4) is 0 Å². The molecule has 0 unspecified atom stereocenters. The van der Waals surface area contributed by atoms with Crippen LogP contribution >= 0.6 is 11.3 Å². The van der Waals surface area contributed by atoms with Gasteiger partial charge in [0.1, 0.15) is 5.82 Å². The van der Waals surface area contributed by atoms with Crippen molar-refractivity contribution < 1.29 is 0 Å². The Balaban J connectivity index is 2.44. The number of unbranched alkanes of at least 4 members (excludes halogenated alkanes) is 2. The fourth-order valence-corrected chi connectivity index (χ4v) is 1.96. The number of rotatable bonds is 7. The Kier molecular flexibility index (Phi) is 5.60. The van der Waals surface area contributed by atoms with Gasteiger partial charge < -0.3 is 4.90 Å². The van der Waals surface area contributed by atoms with Gasteiger partial charge in [0.2, 0.25) is 0 Å². The topological polar surface area (TPSA) is 16.1 Å². The van der Waals surface area contributed by atoms with Crippen molar-refractivity contribution in [3.05, 3.63) is 10.9 Å². The van der Waals surface area contributed by atoms with Gasteiger partial charge in [-0.1, -0.05) is 26.7 Å². The number of nitrogens with zero attached hydrogens (tertiary/aromatic N) is 2. The third-order valence-corrected chi connectivity index (χ3v) is 2.88. The van der Waals surface area contributed by atoms with Crippen molar-refractivity contribution in [1.82, 2.24) is 4.98 Å². The Morgan fingerprint density at radius 1 is 1.21 bits per heavy atom. The van der Waals surface area contributed by atoms with Gasteiger partial charge in [0.05, 0.1) is 5.51 Å². The van der Waals surface area contributed by atoms with E-state index in [2.05, 4.69) is 29.1 Å². The summed E-state index contributed by atoms with van der Waals surface area (Å²) in [5.41, 5.74) is 1.92. The Morgan fingerprint density at radius 3 is 2.29 bits per heavy atom. The Labute approximate surface area is 91.0 Å². The summed E-state index contributed by atoms with van der Waals surface area (Å²) in [6, 6.07) is 0. The summed E-state index contributed by atoms with van der Waals surface area (Å²) < 4.78 is 0. The summed E-state index contributed by atoms with van der Waals surface area (Å²) in [5, 5.41) is 2.14. The molecule has 1 rings (SSSR count). The molecule has 0 saturated heterocycles. The van der Waals surface area contributed by atoms with E-state index in [4.69, 9.17) is 0 Å². The first-order valence-corrected chi connectivity index (χ1v) is 6.45. The molecule has 0 amide bonds. The molecule has 0 aliphatic carbocycles. The number of anilines is 1. The average Bonchev–Trinajstić information content (AvgIpc) is 2.71. The molecule has 0 aliphatic rings. The molecule has 0 aliphatic heterocycles. The van der Waals surface area contributed by atoms with Gasteiger partial charge in [0.25, 0.3) is 0 Å². The minimum atomic E-state index is 1.15. The van der Waals surface area contributed by atoms with E-state index in [9.17, 15) is 0 Å². The van der Waals surface area contributed by atoms with Gasteiger partial charge in [-0.3, -0.25) is 0 Å². The van der Waals surface area contributed by atoms with Crippen LogP contribution in [0, 0.1) is 0 Å². The second-order valence-electron chi connectivity index (χ2n) is 3.54. The molecule has 0 saturated carbocycles. The van der Waals surface area contributed by atoms with Crippen LogP contribution in [-0.4, -0.2) is 18.1 Å². The highest BCUT2D eigenvalue weighted by atomic mass is 32.1. The summed E-state index contributed by atoms with van der Waals surface area (Å²) in [4.78, 5) is 6.77. The average molecular weight is 212 g/mol. The van der Waals surface area contributed by atoms with Crippen molar-refractivity contribution in [2.45, 2.75) is 39.5 Å². The second kappa shape index (κ2) is 6.82. The molecule has 0 aromatic carbocycles. The Hall–Kier alpha value is -0.570. The van der Waals surface area contributed by atoms with E-state index in [-0.39, 0.29) is 0 Å². The van der Waals surface area contributed by atoms with Crippen LogP contribution in [-0.2, 0) is 0 Å². The molecule has 0 N–H and O–H groups in total. The number of thiazole rings is 1. The molecule has 0 bridgehead atoms. The summed E-state index contributed by atoms with van der Waals surface area (Å²) >= 11 is 1.68. The van der Waals surface area contributed by atoms with Crippen LogP contribution in [0.25, 0.3) is 0 Å². The van der Waals surface area contributed by atoms with Crippen molar-refractivity contribution in [2.75, 3.05) is 18.0 Å². The van der Waals surface area contributed by atoms with Crippen molar-refractivity contribution in [3.63, 3.8) is 0 Å². The van der Waals surface area contributed by atoms with Crippen LogP contribution in [0.2, 0.25) is 0 Å². The lowest BCUT2D eigenvalue weighted by Gasteiger charge is -2.21. The Bertz CT molecular complexity index is 213. The predicted octanol–water partition coefficient (Wildman–Crippen LogP) is 3.55. The quantitative estimate of drug-likeness (QED) is 0.687. The SMILES string of the molecule is CCCCN(CCCC)c1cscn1. The highest BCUT2D eigenvalue weighted by Crippen LogP contribution is 2.15. The maximum absolute atomic E-state index is 4.37. The van der Waals surface area contributed by atoms with Gasteiger partial charge in [-0.25, -0.2) is 4.98 Å². The van der Waals surface area contributed by atoms with Gasteiger partial charge in [-0.05, 0) is 12.8 Å². The van der Waals surface area contributed by atoms with Gasteiger partial charge in [-0.15, -0.1) is 11.3 Å². The molecule has 1 heterocycles. The van der Waals surface area contributed by atoms with E-state index in [1.807, 2.05) is 5.51 Å². The lowest BCUT2D eigenvalue weighted by atomic mass is 10.2. The summed E-state index contributed by atoms with van der Waals surface area (Å²) in [5.74, 6) is 1.16. The molecule has 3 heteroatoms. The molecule has 0 radical (unpaired) electrons. The van der Waals surface area contributed by atoms with Crippen LogP contribution in [0.4, 0.5) is 5.82 Å². The molecule has 14 heavy (non-hydrogen) atoms. The van der Waals surface area contributed by atoms with Crippen LogP contribution in [0.15, 0.2) is 10.9 Å². The van der Waals surface area contributed by atoms with E-state index in [1.54, 1.807) is 11.3 Å². The van der Waals surface area contributed by atoms with E-state index < -0.39 is 0 Å². The van der Waals surface area contributed by atoms with Crippen molar-refractivity contribution >= 4 is 17.2 Å². The number of hydrogen-bond donors (Lipinski definition) is 0. The summed E-state index contributed by atoms with van der Waals surface area (Å²) in [6.45, 7) is 6.78. The van der Waals surface area contributed by atoms with Gasteiger partial charge >= 0.3 is 0 Å². The molecule has 1 aromatic heterocycles. The molecular weight excluding hydrogens is 192 g/mol. The monoisotopic (exact) mass is 212 g/mol. The first-order valence-electron chi connectivity index (χ1n) is 5.51. The highest BCUT2D eigenvalue weighted by molar-refractivity contribution is 7.07. The van der Waals surface area contributed by atoms with Gasteiger partial charge in [0, 0.05) is 18.5 Å². The van der Waals surface area contributed by atoms with E-state index in [1.165, 1.54) is 25.7 Å². The van der Waals surface area contributed by atoms with Crippen LogP contribution < -0.4 is 4.90 Å². The van der Waals surface area contributed by atoms with Crippen molar-refractivity contribution in [1.29, 1.82) is 0 Å². The Morgan fingerprint density at radius 2 is 1.86 bits per heavy atom. The minimum absolute atomic E-state index is 1.15. The smallest absolute Gasteiger partial charge is 0.139 e. The van der Waals surface area contributed by atoms with E-state index in [0.29, 0.717) is 0 Å². The first kappa shape index (κ1) is 11.5. The van der Waals surface area contributed by atoms with Crippen LogP contribution in [0.1, 0.15) is 39.5 Å². The molecular formula is C11H20N2S. The molecule has 0 fully saturated rings. The van der Waals surface area contributed by atoms with E-state index in [0.717, 1.165) is 18.9 Å². The number of hydrogen-bond acceptors (Lipinski definition) is 3. The predicted molar refractivity (Wildman–Crippen MR) is 64.1 cm³/mol. The molecule has 2 nitrogen and oxygen atoms in total. The summed E-state index contributed by atoms with van der Waals surface area (Å²) in [6.07, 6.45) is 5.04. The standard InChI is InChI=1S/C11H20N2S/c1-3-5-7-13(8-6-4-2)11-9-14-10-12-11/h9-10H,3-8H2,1-2H3.